The van der Waals surface area contributed by atoms with Crippen molar-refractivity contribution >= 4 is 16.8 Å². The van der Waals surface area contributed by atoms with Crippen molar-refractivity contribution in [3.8, 4) is 6.07 Å². The van der Waals surface area contributed by atoms with Crippen molar-refractivity contribution in [3.05, 3.63) is 71.4 Å². The number of aromatic amines is 1. The highest BCUT2D eigenvalue weighted by Crippen LogP contribution is 2.17. The van der Waals surface area contributed by atoms with Crippen molar-refractivity contribution in [1.29, 1.82) is 5.26 Å². The summed E-state index contributed by atoms with van der Waals surface area (Å²) in [4.78, 5) is 15.4. The van der Waals surface area contributed by atoms with E-state index in [1.807, 2.05) is 30.5 Å². The molecule has 2 aromatic carbocycles. The van der Waals surface area contributed by atoms with Crippen molar-refractivity contribution < 1.29 is 4.79 Å². The van der Waals surface area contributed by atoms with Crippen LogP contribution in [0.1, 0.15) is 21.5 Å². The zero-order valence-electron chi connectivity index (χ0n) is 12.7. The molecule has 0 aliphatic heterocycles. The number of benzene rings is 2. The van der Waals surface area contributed by atoms with Gasteiger partial charge in [-0.3, -0.25) is 4.79 Å². The quantitative estimate of drug-likeness (QED) is 0.760. The van der Waals surface area contributed by atoms with Crippen molar-refractivity contribution in [2.24, 2.45) is 0 Å². The summed E-state index contributed by atoms with van der Waals surface area (Å²) in [7, 11) is 0. The molecule has 4 heteroatoms. The Balaban J connectivity index is 1.61. The van der Waals surface area contributed by atoms with Gasteiger partial charge in [0.05, 0.1) is 12.5 Å². The molecule has 0 aliphatic rings. The molecule has 4 nitrogen and oxygen atoms in total. The molecule has 0 atom stereocenters. The third-order valence-electron chi connectivity index (χ3n) is 3.83. The highest BCUT2D eigenvalue weighted by Gasteiger charge is 2.07. The Labute approximate surface area is 134 Å². The lowest BCUT2D eigenvalue weighted by molar-refractivity contribution is 0.0954. The molecule has 1 aromatic heterocycles. The van der Waals surface area contributed by atoms with Crippen molar-refractivity contribution in [2.75, 3.05) is 6.54 Å². The van der Waals surface area contributed by atoms with E-state index in [0.29, 0.717) is 18.5 Å². The monoisotopic (exact) mass is 303 g/mol. The van der Waals surface area contributed by atoms with Gasteiger partial charge in [0.25, 0.3) is 5.91 Å². The van der Waals surface area contributed by atoms with Crippen LogP contribution in [-0.2, 0) is 12.8 Å². The molecule has 0 radical (unpaired) electrons. The number of rotatable bonds is 5. The minimum Gasteiger partial charge on any atom is -0.361 e. The van der Waals surface area contributed by atoms with Gasteiger partial charge >= 0.3 is 0 Å². The smallest absolute Gasteiger partial charge is 0.251 e. The van der Waals surface area contributed by atoms with Gasteiger partial charge in [0, 0.05) is 29.2 Å². The molecule has 114 valence electrons. The fraction of sp³-hybridized carbons (Fsp3) is 0.158. The van der Waals surface area contributed by atoms with E-state index in [1.54, 1.807) is 18.2 Å². The third-order valence-corrected chi connectivity index (χ3v) is 3.83. The Morgan fingerprint density at radius 1 is 1.17 bits per heavy atom. The first-order chi connectivity index (χ1) is 11.3. The van der Waals surface area contributed by atoms with Crippen LogP contribution in [0.25, 0.3) is 10.9 Å². The van der Waals surface area contributed by atoms with E-state index in [-0.39, 0.29) is 5.91 Å². The molecule has 0 fully saturated rings. The Bertz CT molecular complexity index is 873. The van der Waals surface area contributed by atoms with Crippen molar-refractivity contribution in [2.45, 2.75) is 12.8 Å². The number of carbonyl (C=O) groups excluding carboxylic acids is 1. The molecule has 0 saturated heterocycles. The maximum absolute atomic E-state index is 12.2. The molecule has 3 rings (SSSR count). The molecular formula is C19H17N3O. The van der Waals surface area contributed by atoms with Gasteiger partial charge in [-0.2, -0.15) is 5.26 Å². The fourth-order valence-electron chi connectivity index (χ4n) is 2.67. The van der Waals surface area contributed by atoms with E-state index in [2.05, 4.69) is 22.4 Å². The number of hydrogen-bond donors (Lipinski definition) is 2. The average Bonchev–Trinajstić information content (AvgIpc) is 2.99. The number of nitriles is 1. The molecule has 0 saturated carbocycles. The van der Waals surface area contributed by atoms with Gasteiger partial charge in [-0.15, -0.1) is 0 Å². The average molecular weight is 303 g/mol. The lowest BCUT2D eigenvalue weighted by Gasteiger charge is -2.06. The third kappa shape index (κ3) is 3.41. The standard InChI is InChI=1S/C19H17N3O/c20-10-8-14-4-3-5-15(12-14)19(23)21-11-9-16-13-22-18-7-2-1-6-17(16)18/h1-7,12-13,22H,8-9,11H2,(H,21,23). The molecule has 1 amide bonds. The van der Waals surface area contributed by atoms with Crippen LogP contribution in [0.15, 0.2) is 54.7 Å². The molecule has 3 aromatic rings. The lowest BCUT2D eigenvalue weighted by atomic mass is 10.1. The lowest BCUT2D eigenvalue weighted by Crippen LogP contribution is -2.25. The number of H-pyrrole nitrogens is 1. The minimum absolute atomic E-state index is 0.107. The van der Waals surface area contributed by atoms with Crippen LogP contribution in [0.4, 0.5) is 0 Å². The van der Waals surface area contributed by atoms with Crippen LogP contribution in [-0.4, -0.2) is 17.4 Å². The zero-order chi connectivity index (χ0) is 16.1. The van der Waals surface area contributed by atoms with E-state index in [1.165, 1.54) is 10.9 Å². The van der Waals surface area contributed by atoms with E-state index in [9.17, 15) is 4.79 Å². The topological polar surface area (TPSA) is 68.7 Å². The molecule has 1 heterocycles. The maximum Gasteiger partial charge on any atom is 0.251 e. The number of nitrogens with one attached hydrogen (secondary N) is 2. The van der Waals surface area contributed by atoms with Gasteiger partial charge < -0.3 is 10.3 Å². The number of carbonyl (C=O) groups is 1. The van der Waals surface area contributed by atoms with Crippen LogP contribution in [0, 0.1) is 11.3 Å². The SMILES string of the molecule is N#CCc1cccc(C(=O)NCCc2c[nH]c3ccccc23)c1. The van der Waals surface area contributed by atoms with Gasteiger partial charge in [0.1, 0.15) is 0 Å². The first-order valence-electron chi connectivity index (χ1n) is 7.57. The van der Waals surface area contributed by atoms with E-state index in [4.69, 9.17) is 5.26 Å². The van der Waals surface area contributed by atoms with Crippen molar-refractivity contribution in [1.82, 2.24) is 10.3 Å². The molecule has 2 N–H and O–H groups in total. The van der Waals surface area contributed by atoms with E-state index < -0.39 is 0 Å². The zero-order valence-corrected chi connectivity index (χ0v) is 12.7. The normalized spacial score (nSPS) is 10.4. The number of aromatic nitrogens is 1. The first-order valence-corrected chi connectivity index (χ1v) is 7.57. The maximum atomic E-state index is 12.2. The molecule has 0 bridgehead atoms. The number of para-hydroxylation sites is 1. The summed E-state index contributed by atoms with van der Waals surface area (Å²) in [5.41, 5.74) is 3.76. The second kappa shape index (κ2) is 6.80. The summed E-state index contributed by atoms with van der Waals surface area (Å²) in [5.74, 6) is -0.107. The molecule has 23 heavy (non-hydrogen) atoms. The van der Waals surface area contributed by atoms with E-state index in [0.717, 1.165) is 17.5 Å². The van der Waals surface area contributed by atoms with Gasteiger partial charge in [-0.1, -0.05) is 30.3 Å². The summed E-state index contributed by atoms with van der Waals surface area (Å²) in [6.45, 7) is 0.573. The van der Waals surface area contributed by atoms with Crippen LogP contribution in [0.5, 0.6) is 0 Å². The number of amides is 1. The van der Waals surface area contributed by atoms with Crippen LogP contribution in [0.2, 0.25) is 0 Å². The molecular weight excluding hydrogens is 286 g/mol. The van der Waals surface area contributed by atoms with Gasteiger partial charge in [-0.05, 0) is 35.7 Å². The fourth-order valence-corrected chi connectivity index (χ4v) is 2.67. The van der Waals surface area contributed by atoms with E-state index >= 15 is 0 Å². The predicted octanol–water partition coefficient (Wildman–Crippen LogP) is 3.21. The largest absolute Gasteiger partial charge is 0.361 e. The predicted molar refractivity (Wildman–Crippen MR) is 90.1 cm³/mol. The summed E-state index contributed by atoms with van der Waals surface area (Å²) in [6, 6.07) is 17.4. The summed E-state index contributed by atoms with van der Waals surface area (Å²) in [5, 5.41) is 12.9. The van der Waals surface area contributed by atoms with Gasteiger partial charge in [0.2, 0.25) is 0 Å². The highest BCUT2D eigenvalue weighted by molar-refractivity contribution is 5.94. The van der Waals surface area contributed by atoms with Crippen LogP contribution < -0.4 is 5.32 Å². The Morgan fingerprint density at radius 3 is 2.91 bits per heavy atom. The summed E-state index contributed by atoms with van der Waals surface area (Å²) >= 11 is 0. The highest BCUT2D eigenvalue weighted by atomic mass is 16.1. The van der Waals surface area contributed by atoms with Gasteiger partial charge in [0.15, 0.2) is 0 Å². The second-order valence-corrected chi connectivity index (χ2v) is 5.40. The van der Waals surface area contributed by atoms with Crippen LogP contribution in [0.3, 0.4) is 0 Å². The second-order valence-electron chi connectivity index (χ2n) is 5.40. The number of hydrogen-bond acceptors (Lipinski definition) is 2. The molecule has 0 spiro atoms. The summed E-state index contributed by atoms with van der Waals surface area (Å²) in [6.07, 6.45) is 3.08. The Morgan fingerprint density at radius 2 is 2.04 bits per heavy atom. The Hall–Kier alpha value is -3.06. The number of fused-ring (bicyclic) bond motifs is 1. The van der Waals surface area contributed by atoms with Gasteiger partial charge in [-0.25, -0.2) is 0 Å². The molecule has 0 unspecified atom stereocenters. The minimum atomic E-state index is -0.107. The summed E-state index contributed by atoms with van der Waals surface area (Å²) < 4.78 is 0. The number of nitrogens with zero attached hydrogens (tertiary/aromatic N) is 1. The Kier molecular flexibility index (Phi) is 4.39. The molecule has 0 aliphatic carbocycles. The first kappa shape index (κ1) is 14.9. The van der Waals surface area contributed by atoms with Crippen molar-refractivity contribution in [3.63, 3.8) is 0 Å². The van der Waals surface area contributed by atoms with Crippen LogP contribution >= 0.6 is 0 Å².